The first-order valence-corrected chi connectivity index (χ1v) is 6.46. The number of likely N-dealkylation sites (tertiary alicyclic amines) is 1. The number of hydrogen-bond donors (Lipinski definition) is 1. The van der Waals surface area contributed by atoms with Gasteiger partial charge in [-0.15, -0.1) is 0 Å². The fourth-order valence-corrected chi connectivity index (χ4v) is 2.30. The summed E-state index contributed by atoms with van der Waals surface area (Å²) in [4.78, 5) is 14.1. The van der Waals surface area contributed by atoms with Gasteiger partial charge in [-0.05, 0) is 46.2 Å². The highest BCUT2D eigenvalue weighted by molar-refractivity contribution is 5.77. The number of rotatable bonds is 5. The average molecular weight is 242 g/mol. The number of methoxy groups -OCH3 is 1. The lowest BCUT2D eigenvalue weighted by Gasteiger charge is -2.34. The summed E-state index contributed by atoms with van der Waals surface area (Å²) >= 11 is 0. The predicted octanol–water partition coefficient (Wildman–Crippen LogP) is 1.26. The van der Waals surface area contributed by atoms with Crippen molar-refractivity contribution in [2.45, 2.75) is 38.7 Å². The van der Waals surface area contributed by atoms with Crippen LogP contribution in [0.2, 0.25) is 0 Å². The van der Waals surface area contributed by atoms with E-state index in [1.807, 2.05) is 25.8 Å². The number of carbonyl (C=O) groups is 1. The topological polar surface area (TPSA) is 41.6 Å². The first-order chi connectivity index (χ1) is 7.98. The smallest absolute Gasteiger partial charge is 0.225 e. The number of nitrogens with zero attached hydrogens (tertiary/aromatic N) is 1. The van der Waals surface area contributed by atoms with Crippen LogP contribution in [0.3, 0.4) is 0 Å². The quantitative estimate of drug-likeness (QED) is 0.789. The largest absolute Gasteiger partial charge is 0.378 e. The minimum Gasteiger partial charge on any atom is -0.378 e. The van der Waals surface area contributed by atoms with Crippen LogP contribution in [0.15, 0.2) is 0 Å². The first-order valence-electron chi connectivity index (χ1n) is 6.46. The molecule has 1 heterocycles. The third kappa shape index (κ3) is 4.64. The molecule has 0 bridgehead atoms. The van der Waals surface area contributed by atoms with Crippen molar-refractivity contribution < 1.29 is 9.53 Å². The maximum atomic E-state index is 12.1. The molecule has 0 aromatic heterocycles. The SMILES string of the molecule is CNCC1CCCN(C(=O)CC(C)(C)OC)C1. The summed E-state index contributed by atoms with van der Waals surface area (Å²) in [6.07, 6.45) is 2.81. The fraction of sp³-hybridized carbons (Fsp3) is 0.923. The van der Waals surface area contributed by atoms with Gasteiger partial charge in [0.25, 0.3) is 0 Å². The third-order valence-corrected chi connectivity index (χ3v) is 3.49. The molecule has 100 valence electrons. The second-order valence-corrected chi connectivity index (χ2v) is 5.55. The molecular weight excluding hydrogens is 216 g/mol. The van der Waals surface area contributed by atoms with E-state index in [9.17, 15) is 4.79 Å². The van der Waals surface area contributed by atoms with E-state index < -0.39 is 0 Å². The van der Waals surface area contributed by atoms with Gasteiger partial charge in [0.05, 0.1) is 12.0 Å². The fourth-order valence-electron chi connectivity index (χ4n) is 2.30. The van der Waals surface area contributed by atoms with Crippen LogP contribution in [0.1, 0.15) is 33.1 Å². The maximum absolute atomic E-state index is 12.1. The maximum Gasteiger partial charge on any atom is 0.225 e. The summed E-state index contributed by atoms with van der Waals surface area (Å²) in [6.45, 7) is 6.70. The molecule has 4 heteroatoms. The Bertz CT molecular complexity index is 252. The van der Waals surface area contributed by atoms with Crippen LogP contribution < -0.4 is 5.32 Å². The van der Waals surface area contributed by atoms with Gasteiger partial charge in [-0.2, -0.15) is 0 Å². The Hall–Kier alpha value is -0.610. The highest BCUT2D eigenvalue weighted by Crippen LogP contribution is 2.20. The van der Waals surface area contributed by atoms with Crippen LogP contribution in [-0.2, 0) is 9.53 Å². The van der Waals surface area contributed by atoms with Crippen molar-refractivity contribution in [3.63, 3.8) is 0 Å². The molecule has 0 aromatic rings. The summed E-state index contributed by atoms with van der Waals surface area (Å²) in [7, 11) is 3.63. The lowest BCUT2D eigenvalue weighted by atomic mass is 9.96. The summed E-state index contributed by atoms with van der Waals surface area (Å²) in [5, 5.41) is 3.19. The van der Waals surface area contributed by atoms with Gasteiger partial charge in [0.2, 0.25) is 5.91 Å². The Kier molecular flexibility index (Phi) is 5.40. The molecule has 1 unspecified atom stereocenters. The number of piperidine rings is 1. The molecule has 1 amide bonds. The standard InChI is InChI=1S/C13H26N2O2/c1-13(2,17-4)8-12(16)15-7-5-6-11(10-15)9-14-3/h11,14H,5-10H2,1-4H3. The molecule has 0 aromatic carbocycles. The normalized spacial score (nSPS) is 21.6. The van der Waals surface area contributed by atoms with Gasteiger partial charge in [0, 0.05) is 20.2 Å². The monoisotopic (exact) mass is 242 g/mol. The van der Waals surface area contributed by atoms with Crippen LogP contribution in [0.4, 0.5) is 0 Å². The molecular formula is C13H26N2O2. The van der Waals surface area contributed by atoms with Crippen molar-refractivity contribution in [3.05, 3.63) is 0 Å². The van der Waals surface area contributed by atoms with Gasteiger partial charge in [0.1, 0.15) is 0 Å². The second kappa shape index (κ2) is 6.36. The van der Waals surface area contributed by atoms with Crippen LogP contribution >= 0.6 is 0 Å². The lowest BCUT2D eigenvalue weighted by Crippen LogP contribution is -2.44. The van der Waals surface area contributed by atoms with Crippen molar-refractivity contribution in [1.29, 1.82) is 0 Å². The van der Waals surface area contributed by atoms with Crippen molar-refractivity contribution in [2.75, 3.05) is 33.8 Å². The molecule has 1 atom stereocenters. The van der Waals surface area contributed by atoms with E-state index in [1.165, 1.54) is 6.42 Å². The number of ether oxygens (including phenoxy) is 1. The van der Waals surface area contributed by atoms with Crippen molar-refractivity contribution in [1.82, 2.24) is 10.2 Å². The predicted molar refractivity (Wildman–Crippen MR) is 68.9 cm³/mol. The second-order valence-electron chi connectivity index (χ2n) is 5.55. The van der Waals surface area contributed by atoms with Gasteiger partial charge in [-0.3, -0.25) is 4.79 Å². The summed E-state index contributed by atoms with van der Waals surface area (Å²) in [5.74, 6) is 0.820. The van der Waals surface area contributed by atoms with E-state index in [-0.39, 0.29) is 11.5 Å². The molecule has 0 aliphatic carbocycles. The Morgan fingerprint density at radius 1 is 1.53 bits per heavy atom. The van der Waals surface area contributed by atoms with Gasteiger partial charge >= 0.3 is 0 Å². The number of carbonyl (C=O) groups excluding carboxylic acids is 1. The molecule has 1 aliphatic rings. The van der Waals surface area contributed by atoms with Crippen molar-refractivity contribution >= 4 is 5.91 Å². The van der Waals surface area contributed by atoms with Crippen LogP contribution in [0.25, 0.3) is 0 Å². The molecule has 1 fully saturated rings. The summed E-state index contributed by atoms with van der Waals surface area (Å²) < 4.78 is 5.31. The molecule has 1 rings (SSSR count). The average Bonchev–Trinajstić information content (AvgIpc) is 2.29. The molecule has 17 heavy (non-hydrogen) atoms. The Balaban J connectivity index is 2.46. The highest BCUT2D eigenvalue weighted by atomic mass is 16.5. The zero-order valence-electron chi connectivity index (χ0n) is 11.6. The van der Waals surface area contributed by atoms with Gasteiger partial charge in [0.15, 0.2) is 0 Å². The highest BCUT2D eigenvalue weighted by Gasteiger charge is 2.28. The first kappa shape index (κ1) is 14.5. The minimum absolute atomic E-state index is 0.220. The number of nitrogens with one attached hydrogen (secondary N) is 1. The van der Waals surface area contributed by atoms with E-state index in [2.05, 4.69) is 5.32 Å². The van der Waals surface area contributed by atoms with Gasteiger partial charge in [-0.25, -0.2) is 0 Å². The third-order valence-electron chi connectivity index (χ3n) is 3.49. The van der Waals surface area contributed by atoms with E-state index in [0.29, 0.717) is 12.3 Å². The number of hydrogen-bond acceptors (Lipinski definition) is 3. The van der Waals surface area contributed by atoms with Crippen molar-refractivity contribution in [3.8, 4) is 0 Å². The Labute approximate surface area is 105 Å². The summed E-state index contributed by atoms with van der Waals surface area (Å²) in [6, 6.07) is 0. The zero-order valence-corrected chi connectivity index (χ0v) is 11.6. The van der Waals surface area contributed by atoms with Crippen LogP contribution in [0.5, 0.6) is 0 Å². The zero-order chi connectivity index (χ0) is 12.9. The van der Waals surface area contributed by atoms with E-state index in [0.717, 1.165) is 26.1 Å². The van der Waals surface area contributed by atoms with E-state index in [4.69, 9.17) is 4.74 Å². The minimum atomic E-state index is -0.354. The Morgan fingerprint density at radius 2 is 2.24 bits per heavy atom. The molecule has 1 aliphatic heterocycles. The molecule has 0 spiro atoms. The Morgan fingerprint density at radius 3 is 2.82 bits per heavy atom. The summed E-state index contributed by atoms with van der Waals surface area (Å²) in [5.41, 5.74) is -0.354. The lowest BCUT2D eigenvalue weighted by molar-refractivity contribution is -0.138. The molecule has 0 radical (unpaired) electrons. The molecule has 0 saturated carbocycles. The van der Waals surface area contributed by atoms with E-state index >= 15 is 0 Å². The van der Waals surface area contributed by atoms with E-state index in [1.54, 1.807) is 7.11 Å². The molecule has 1 N–H and O–H groups in total. The van der Waals surface area contributed by atoms with Crippen LogP contribution in [-0.4, -0.2) is 50.2 Å². The van der Waals surface area contributed by atoms with Gasteiger partial charge in [-0.1, -0.05) is 0 Å². The van der Waals surface area contributed by atoms with Gasteiger partial charge < -0.3 is 15.0 Å². The van der Waals surface area contributed by atoms with Crippen LogP contribution in [0, 0.1) is 5.92 Å². The molecule has 1 saturated heterocycles. The number of amides is 1. The van der Waals surface area contributed by atoms with Crippen molar-refractivity contribution in [2.24, 2.45) is 5.92 Å². The molecule has 4 nitrogen and oxygen atoms in total.